The highest BCUT2D eigenvalue weighted by molar-refractivity contribution is 5.78. The summed E-state index contributed by atoms with van der Waals surface area (Å²) < 4.78 is 5.40. The molecule has 1 amide bonds. The summed E-state index contributed by atoms with van der Waals surface area (Å²) in [4.78, 5) is 16.8. The second kappa shape index (κ2) is 6.87. The lowest BCUT2D eigenvalue weighted by molar-refractivity contribution is -0.129. The van der Waals surface area contributed by atoms with E-state index in [9.17, 15) is 4.79 Å². The smallest absolute Gasteiger partial charge is 0.236 e. The van der Waals surface area contributed by atoms with Crippen molar-refractivity contribution in [3.63, 3.8) is 0 Å². The molecule has 5 heteroatoms. The van der Waals surface area contributed by atoms with Gasteiger partial charge in [-0.25, -0.2) is 0 Å². The Morgan fingerprint density at radius 2 is 1.85 bits per heavy atom. The lowest BCUT2D eigenvalue weighted by Crippen LogP contribution is -2.46. The molecule has 3 rings (SSSR count). The number of likely N-dealkylation sites (tertiary alicyclic amines) is 1. The van der Waals surface area contributed by atoms with E-state index in [2.05, 4.69) is 10.2 Å². The fourth-order valence-electron chi connectivity index (χ4n) is 3.68. The van der Waals surface area contributed by atoms with Crippen molar-refractivity contribution in [2.75, 3.05) is 45.9 Å². The van der Waals surface area contributed by atoms with Gasteiger partial charge < -0.3 is 15.0 Å². The number of amides is 1. The van der Waals surface area contributed by atoms with Crippen molar-refractivity contribution in [1.82, 2.24) is 15.1 Å². The highest BCUT2D eigenvalue weighted by Crippen LogP contribution is 2.19. The molecule has 1 unspecified atom stereocenters. The van der Waals surface area contributed by atoms with E-state index < -0.39 is 0 Å². The summed E-state index contributed by atoms with van der Waals surface area (Å²) in [6.45, 7) is 6.08. The van der Waals surface area contributed by atoms with Crippen molar-refractivity contribution < 1.29 is 9.53 Å². The van der Waals surface area contributed by atoms with Gasteiger partial charge in [-0.3, -0.25) is 9.69 Å². The molecule has 3 fully saturated rings. The van der Waals surface area contributed by atoms with Gasteiger partial charge in [0.25, 0.3) is 0 Å². The van der Waals surface area contributed by atoms with Crippen LogP contribution >= 0.6 is 0 Å². The molecule has 2 aliphatic heterocycles. The molecule has 2 heterocycles. The van der Waals surface area contributed by atoms with Crippen LogP contribution in [0, 0.1) is 0 Å². The van der Waals surface area contributed by atoms with Crippen molar-refractivity contribution in [3.05, 3.63) is 0 Å². The quantitative estimate of drug-likeness (QED) is 0.813. The Morgan fingerprint density at radius 1 is 1.10 bits per heavy atom. The molecule has 0 aromatic carbocycles. The van der Waals surface area contributed by atoms with Crippen LogP contribution in [-0.2, 0) is 9.53 Å². The van der Waals surface area contributed by atoms with Crippen molar-refractivity contribution in [2.45, 2.75) is 44.2 Å². The van der Waals surface area contributed by atoms with Gasteiger partial charge in [0.05, 0.1) is 19.8 Å². The van der Waals surface area contributed by atoms with Crippen molar-refractivity contribution in [1.29, 1.82) is 0 Å². The van der Waals surface area contributed by atoms with E-state index >= 15 is 0 Å². The first-order valence-corrected chi connectivity index (χ1v) is 8.16. The van der Waals surface area contributed by atoms with Gasteiger partial charge in [-0.2, -0.15) is 0 Å². The molecule has 2 saturated heterocycles. The molecule has 20 heavy (non-hydrogen) atoms. The zero-order chi connectivity index (χ0) is 13.8. The van der Waals surface area contributed by atoms with Gasteiger partial charge >= 0.3 is 0 Å². The summed E-state index contributed by atoms with van der Waals surface area (Å²) in [6.07, 6.45) is 6.23. The molecular formula is C15H27N3O2. The predicted octanol–water partition coefficient (Wildman–Crippen LogP) is 0.452. The van der Waals surface area contributed by atoms with E-state index in [1.807, 2.05) is 4.90 Å². The van der Waals surface area contributed by atoms with Crippen LogP contribution in [0.4, 0.5) is 0 Å². The van der Waals surface area contributed by atoms with Crippen molar-refractivity contribution >= 4 is 5.91 Å². The molecular weight excluding hydrogens is 254 g/mol. The van der Waals surface area contributed by atoms with Crippen LogP contribution in [0.5, 0.6) is 0 Å². The SMILES string of the molecule is O=C(CNC1CCCC1)N1CCC(N2CCOCC2)C1. The molecule has 0 radical (unpaired) electrons. The minimum atomic E-state index is 0.285. The van der Waals surface area contributed by atoms with Crippen LogP contribution in [0.2, 0.25) is 0 Å². The predicted molar refractivity (Wildman–Crippen MR) is 77.6 cm³/mol. The maximum atomic E-state index is 12.3. The third-order valence-electron chi connectivity index (χ3n) is 4.98. The number of ether oxygens (including phenoxy) is 1. The largest absolute Gasteiger partial charge is 0.379 e. The highest BCUT2D eigenvalue weighted by atomic mass is 16.5. The average Bonchev–Trinajstić information content (AvgIpc) is 3.17. The van der Waals surface area contributed by atoms with Gasteiger partial charge in [0.15, 0.2) is 0 Å². The van der Waals surface area contributed by atoms with Crippen LogP contribution in [0.1, 0.15) is 32.1 Å². The van der Waals surface area contributed by atoms with E-state index in [0.29, 0.717) is 18.6 Å². The Bertz CT molecular complexity index is 325. The van der Waals surface area contributed by atoms with Crippen molar-refractivity contribution in [2.24, 2.45) is 0 Å². The third kappa shape index (κ3) is 3.51. The molecule has 114 valence electrons. The van der Waals surface area contributed by atoms with Crippen LogP contribution in [0.3, 0.4) is 0 Å². The van der Waals surface area contributed by atoms with E-state index in [4.69, 9.17) is 4.74 Å². The number of rotatable bonds is 4. The first kappa shape index (κ1) is 14.3. The van der Waals surface area contributed by atoms with E-state index in [-0.39, 0.29) is 5.91 Å². The summed E-state index contributed by atoms with van der Waals surface area (Å²) in [7, 11) is 0. The van der Waals surface area contributed by atoms with Gasteiger partial charge in [-0.05, 0) is 19.3 Å². The number of hydrogen-bond donors (Lipinski definition) is 1. The van der Waals surface area contributed by atoms with Gasteiger partial charge in [0.2, 0.25) is 5.91 Å². The standard InChI is InChI=1S/C15H27N3O2/c19-15(11-16-13-3-1-2-4-13)18-6-5-14(12-18)17-7-9-20-10-8-17/h13-14,16H,1-12H2. The Morgan fingerprint density at radius 3 is 2.60 bits per heavy atom. The zero-order valence-corrected chi connectivity index (χ0v) is 12.4. The second-order valence-corrected chi connectivity index (χ2v) is 6.29. The lowest BCUT2D eigenvalue weighted by Gasteiger charge is -2.32. The van der Waals surface area contributed by atoms with E-state index in [1.54, 1.807) is 0 Å². The molecule has 1 aliphatic carbocycles. The summed E-state index contributed by atoms with van der Waals surface area (Å²) in [5, 5.41) is 3.43. The number of nitrogens with zero attached hydrogens (tertiary/aromatic N) is 2. The Hall–Kier alpha value is -0.650. The number of carbonyl (C=O) groups excluding carboxylic acids is 1. The second-order valence-electron chi connectivity index (χ2n) is 6.29. The zero-order valence-electron chi connectivity index (χ0n) is 12.4. The normalized spacial score (nSPS) is 29.2. The van der Waals surface area contributed by atoms with Crippen LogP contribution in [0.25, 0.3) is 0 Å². The Labute approximate surface area is 121 Å². The van der Waals surface area contributed by atoms with Crippen LogP contribution in [0.15, 0.2) is 0 Å². The molecule has 1 saturated carbocycles. The summed E-state index contributed by atoms with van der Waals surface area (Å²) in [5.74, 6) is 0.285. The van der Waals surface area contributed by atoms with E-state index in [0.717, 1.165) is 45.8 Å². The minimum absolute atomic E-state index is 0.285. The maximum Gasteiger partial charge on any atom is 0.236 e. The topological polar surface area (TPSA) is 44.8 Å². The first-order chi connectivity index (χ1) is 9.83. The fraction of sp³-hybridized carbons (Fsp3) is 0.933. The molecule has 3 aliphatic rings. The molecule has 1 atom stereocenters. The summed E-state index contributed by atoms with van der Waals surface area (Å²) >= 11 is 0. The molecule has 0 aromatic heterocycles. The number of hydrogen-bond acceptors (Lipinski definition) is 4. The van der Waals surface area contributed by atoms with Crippen molar-refractivity contribution in [3.8, 4) is 0 Å². The Balaban J connectivity index is 1.40. The summed E-state index contributed by atoms with van der Waals surface area (Å²) in [6, 6.07) is 1.13. The molecule has 0 aromatic rings. The van der Waals surface area contributed by atoms with E-state index in [1.165, 1.54) is 25.7 Å². The van der Waals surface area contributed by atoms with Gasteiger partial charge in [0.1, 0.15) is 0 Å². The molecule has 0 spiro atoms. The number of morpholine rings is 1. The molecule has 0 bridgehead atoms. The fourth-order valence-corrected chi connectivity index (χ4v) is 3.68. The van der Waals surface area contributed by atoms with Crippen LogP contribution < -0.4 is 5.32 Å². The van der Waals surface area contributed by atoms with Gasteiger partial charge in [-0.15, -0.1) is 0 Å². The van der Waals surface area contributed by atoms with Crippen LogP contribution in [-0.4, -0.2) is 73.7 Å². The van der Waals surface area contributed by atoms with Gasteiger partial charge in [0, 0.05) is 38.3 Å². The lowest BCUT2D eigenvalue weighted by atomic mass is 10.2. The number of carbonyl (C=O) groups is 1. The average molecular weight is 281 g/mol. The third-order valence-corrected chi connectivity index (χ3v) is 4.98. The molecule has 1 N–H and O–H groups in total. The monoisotopic (exact) mass is 281 g/mol. The maximum absolute atomic E-state index is 12.3. The number of nitrogens with one attached hydrogen (secondary N) is 1. The van der Waals surface area contributed by atoms with Gasteiger partial charge in [-0.1, -0.05) is 12.8 Å². The Kier molecular flexibility index (Phi) is 4.91. The highest BCUT2D eigenvalue weighted by Gasteiger charge is 2.31. The minimum Gasteiger partial charge on any atom is -0.379 e. The first-order valence-electron chi connectivity index (χ1n) is 8.16. The summed E-state index contributed by atoms with van der Waals surface area (Å²) in [5.41, 5.74) is 0. The molecule has 5 nitrogen and oxygen atoms in total.